The molecule has 0 bridgehead atoms. The van der Waals surface area contributed by atoms with E-state index in [-0.39, 0.29) is 11.8 Å². The highest BCUT2D eigenvalue weighted by molar-refractivity contribution is 7.09. The maximum absolute atomic E-state index is 12.0. The van der Waals surface area contributed by atoms with E-state index in [0.29, 0.717) is 12.5 Å². The zero-order chi connectivity index (χ0) is 13.0. The zero-order valence-corrected chi connectivity index (χ0v) is 12.1. The Morgan fingerprint density at radius 2 is 2.17 bits per heavy atom. The van der Waals surface area contributed by atoms with Gasteiger partial charge in [0, 0.05) is 17.2 Å². The van der Waals surface area contributed by atoms with Gasteiger partial charge >= 0.3 is 0 Å². The number of hydrogen-bond donors (Lipinski definition) is 1. The molecule has 1 heterocycles. The first-order valence-electron chi connectivity index (χ1n) is 6.89. The summed E-state index contributed by atoms with van der Waals surface area (Å²) in [4.78, 5) is 16.5. The molecule has 0 unspecified atom stereocenters. The average Bonchev–Trinajstić information content (AvgIpc) is 2.86. The van der Waals surface area contributed by atoms with Gasteiger partial charge in [0.1, 0.15) is 0 Å². The zero-order valence-electron chi connectivity index (χ0n) is 11.2. The van der Waals surface area contributed by atoms with Gasteiger partial charge in [0.15, 0.2) is 0 Å². The van der Waals surface area contributed by atoms with Gasteiger partial charge < -0.3 is 5.32 Å². The van der Waals surface area contributed by atoms with Crippen LogP contribution in [-0.4, -0.2) is 10.9 Å². The fourth-order valence-corrected chi connectivity index (χ4v) is 3.19. The number of nitrogens with zero attached hydrogens (tertiary/aromatic N) is 1. The first-order valence-corrected chi connectivity index (χ1v) is 7.77. The second-order valence-corrected chi connectivity index (χ2v) is 6.27. The lowest BCUT2D eigenvalue weighted by Gasteiger charge is -2.20. The molecule has 0 aliphatic heterocycles. The van der Waals surface area contributed by atoms with Crippen molar-refractivity contribution >= 4 is 17.2 Å². The van der Waals surface area contributed by atoms with Crippen molar-refractivity contribution in [3.63, 3.8) is 0 Å². The van der Waals surface area contributed by atoms with Crippen LogP contribution in [0.1, 0.15) is 62.6 Å². The molecule has 2 rings (SSSR count). The Bertz CT molecular complexity index is 394. The number of carbonyl (C=O) groups excluding carboxylic acids is 1. The molecule has 0 spiro atoms. The summed E-state index contributed by atoms with van der Waals surface area (Å²) in [5, 5.41) is 6.23. The van der Waals surface area contributed by atoms with Crippen LogP contribution in [-0.2, 0) is 11.3 Å². The third-order valence-electron chi connectivity index (χ3n) is 3.48. The Kier molecular flexibility index (Phi) is 4.75. The SMILES string of the molecule is CC(C)c1nc(CNC(=O)C2CCCCC2)cs1. The molecule has 1 aromatic rings. The van der Waals surface area contributed by atoms with Crippen LogP contribution >= 0.6 is 11.3 Å². The van der Waals surface area contributed by atoms with E-state index in [2.05, 4.69) is 29.5 Å². The summed E-state index contributed by atoms with van der Waals surface area (Å²) < 4.78 is 0. The molecule has 1 amide bonds. The molecule has 100 valence electrons. The molecule has 1 fully saturated rings. The van der Waals surface area contributed by atoms with Crippen LogP contribution in [0.25, 0.3) is 0 Å². The van der Waals surface area contributed by atoms with Crippen molar-refractivity contribution in [3.05, 3.63) is 16.1 Å². The number of nitrogens with one attached hydrogen (secondary N) is 1. The van der Waals surface area contributed by atoms with Gasteiger partial charge in [-0.05, 0) is 12.8 Å². The van der Waals surface area contributed by atoms with Crippen LogP contribution in [0.15, 0.2) is 5.38 Å². The number of carbonyl (C=O) groups is 1. The van der Waals surface area contributed by atoms with Crippen molar-refractivity contribution < 1.29 is 4.79 Å². The molecular formula is C14H22N2OS. The van der Waals surface area contributed by atoms with Crippen LogP contribution in [0.2, 0.25) is 0 Å². The second kappa shape index (κ2) is 6.32. The molecular weight excluding hydrogens is 244 g/mol. The fourth-order valence-electron chi connectivity index (χ4n) is 2.36. The largest absolute Gasteiger partial charge is 0.350 e. The number of hydrogen-bond acceptors (Lipinski definition) is 3. The molecule has 0 atom stereocenters. The average molecular weight is 266 g/mol. The normalized spacial score (nSPS) is 17.1. The van der Waals surface area contributed by atoms with Gasteiger partial charge in [0.25, 0.3) is 0 Å². The number of thiazole rings is 1. The minimum absolute atomic E-state index is 0.216. The maximum Gasteiger partial charge on any atom is 0.223 e. The molecule has 3 nitrogen and oxygen atoms in total. The summed E-state index contributed by atoms with van der Waals surface area (Å²) in [5.41, 5.74) is 0.993. The Morgan fingerprint density at radius 1 is 1.44 bits per heavy atom. The Hall–Kier alpha value is -0.900. The maximum atomic E-state index is 12.0. The minimum atomic E-state index is 0.216. The van der Waals surface area contributed by atoms with E-state index in [4.69, 9.17) is 0 Å². The van der Waals surface area contributed by atoms with Crippen molar-refractivity contribution in [1.29, 1.82) is 0 Å². The van der Waals surface area contributed by atoms with E-state index in [9.17, 15) is 4.79 Å². The highest BCUT2D eigenvalue weighted by Gasteiger charge is 2.20. The Labute approximate surface area is 113 Å². The summed E-state index contributed by atoms with van der Waals surface area (Å²) >= 11 is 1.68. The molecule has 1 N–H and O–H groups in total. The van der Waals surface area contributed by atoms with Gasteiger partial charge in [-0.1, -0.05) is 33.1 Å². The summed E-state index contributed by atoms with van der Waals surface area (Å²) in [6.07, 6.45) is 5.80. The van der Waals surface area contributed by atoms with Crippen LogP contribution < -0.4 is 5.32 Å². The monoisotopic (exact) mass is 266 g/mol. The van der Waals surface area contributed by atoms with Crippen molar-refractivity contribution in [1.82, 2.24) is 10.3 Å². The predicted molar refractivity (Wildman–Crippen MR) is 74.6 cm³/mol. The summed E-state index contributed by atoms with van der Waals surface area (Å²) in [7, 11) is 0. The minimum Gasteiger partial charge on any atom is -0.350 e. The first-order chi connectivity index (χ1) is 8.66. The van der Waals surface area contributed by atoms with Gasteiger partial charge in [0.05, 0.1) is 17.2 Å². The Morgan fingerprint density at radius 3 is 2.78 bits per heavy atom. The van der Waals surface area contributed by atoms with Crippen LogP contribution in [0.3, 0.4) is 0 Å². The van der Waals surface area contributed by atoms with Crippen molar-refractivity contribution in [3.8, 4) is 0 Å². The van der Waals surface area contributed by atoms with Gasteiger partial charge in [-0.25, -0.2) is 4.98 Å². The topological polar surface area (TPSA) is 42.0 Å². The highest BCUT2D eigenvalue weighted by atomic mass is 32.1. The lowest BCUT2D eigenvalue weighted by molar-refractivity contribution is -0.126. The smallest absolute Gasteiger partial charge is 0.223 e. The fraction of sp³-hybridized carbons (Fsp3) is 0.714. The van der Waals surface area contributed by atoms with Crippen LogP contribution in [0.5, 0.6) is 0 Å². The molecule has 18 heavy (non-hydrogen) atoms. The second-order valence-electron chi connectivity index (χ2n) is 5.38. The van der Waals surface area contributed by atoms with Gasteiger partial charge in [-0.2, -0.15) is 0 Å². The van der Waals surface area contributed by atoms with E-state index < -0.39 is 0 Å². The van der Waals surface area contributed by atoms with Gasteiger partial charge in [-0.3, -0.25) is 4.79 Å². The van der Waals surface area contributed by atoms with E-state index in [1.165, 1.54) is 19.3 Å². The van der Waals surface area contributed by atoms with E-state index in [1.807, 2.05) is 0 Å². The molecule has 4 heteroatoms. The number of aromatic nitrogens is 1. The summed E-state index contributed by atoms with van der Waals surface area (Å²) in [5.74, 6) is 0.925. The molecule has 0 radical (unpaired) electrons. The lowest BCUT2D eigenvalue weighted by Crippen LogP contribution is -2.31. The molecule has 1 aromatic heterocycles. The van der Waals surface area contributed by atoms with Crippen molar-refractivity contribution in [2.45, 2.75) is 58.4 Å². The van der Waals surface area contributed by atoms with E-state index in [0.717, 1.165) is 23.5 Å². The molecule has 1 aliphatic carbocycles. The molecule has 0 aromatic carbocycles. The lowest BCUT2D eigenvalue weighted by atomic mass is 9.89. The quantitative estimate of drug-likeness (QED) is 0.906. The van der Waals surface area contributed by atoms with Crippen LogP contribution in [0.4, 0.5) is 0 Å². The van der Waals surface area contributed by atoms with Gasteiger partial charge in [0.2, 0.25) is 5.91 Å². The van der Waals surface area contributed by atoms with Gasteiger partial charge in [-0.15, -0.1) is 11.3 Å². The Balaban J connectivity index is 1.81. The predicted octanol–water partition coefficient (Wildman–Crippen LogP) is 3.46. The van der Waals surface area contributed by atoms with E-state index >= 15 is 0 Å². The van der Waals surface area contributed by atoms with E-state index in [1.54, 1.807) is 11.3 Å². The number of rotatable bonds is 4. The molecule has 1 saturated carbocycles. The summed E-state index contributed by atoms with van der Waals surface area (Å²) in [6.45, 7) is 4.87. The summed E-state index contributed by atoms with van der Waals surface area (Å²) in [6, 6.07) is 0. The van der Waals surface area contributed by atoms with Crippen molar-refractivity contribution in [2.24, 2.45) is 5.92 Å². The highest BCUT2D eigenvalue weighted by Crippen LogP contribution is 2.24. The number of amides is 1. The third kappa shape index (κ3) is 3.55. The third-order valence-corrected chi connectivity index (χ3v) is 4.68. The molecule has 1 aliphatic rings. The standard InChI is InChI=1S/C14H22N2OS/c1-10(2)14-16-12(9-18-14)8-15-13(17)11-6-4-3-5-7-11/h9-11H,3-8H2,1-2H3,(H,15,17). The van der Waals surface area contributed by atoms with Crippen molar-refractivity contribution in [2.75, 3.05) is 0 Å². The molecule has 0 saturated heterocycles. The first kappa shape index (κ1) is 13.5. The van der Waals surface area contributed by atoms with Crippen LogP contribution in [0, 0.1) is 5.92 Å².